The molecule has 0 saturated heterocycles. The van der Waals surface area contributed by atoms with Crippen molar-refractivity contribution in [2.45, 2.75) is 41.5 Å². The number of carbonyl (C=O) groups is 1. The summed E-state index contributed by atoms with van der Waals surface area (Å²) in [6.07, 6.45) is 11.7. The van der Waals surface area contributed by atoms with Gasteiger partial charge in [-0.2, -0.15) is 0 Å². The van der Waals surface area contributed by atoms with Crippen LogP contribution in [0, 0.1) is 20.8 Å². The molecule has 0 radical (unpaired) electrons. The summed E-state index contributed by atoms with van der Waals surface area (Å²) in [5.41, 5.74) is 4.78. The predicted octanol–water partition coefficient (Wildman–Crippen LogP) is 5.70. The van der Waals surface area contributed by atoms with Crippen LogP contribution in [0.2, 0.25) is 0 Å². The van der Waals surface area contributed by atoms with E-state index in [1.807, 2.05) is 36.5 Å². The van der Waals surface area contributed by atoms with Crippen LogP contribution in [-0.4, -0.2) is 12.6 Å². The summed E-state index contributed by atoms with van der Waals surface area (Å²) in [5.74, 6) is -0.297. The second-order valence-corrected chi connectivity index (χ2v) is 6.77. The lowest BCUT2D eigenvalue weighted by Gasteiger charge is -1.96. The third kappa shape index (κ3) is 6.41. The van der Waals surface area contributed by atoms with E-state index < -0.39 is 0 Å². The molecule has 1 aromatic rings. The van der Waals surface area contributed by atoms with Crippen molar-refractivity contribution in [1.29, 1.82) is 0 Å². The SMILES string of the molecule is CCOC(=O)C=C(C)/C=C/C=C(C)C=Cc1sc(C)c(C)c1C. The number of esters is 1. The number of hydrogen-bond acceptors (Lipinski definition) is 3. The van der Waals surface area contributed by atoms with Crippen LogP contribution in [0.4, 0.5) is 0 Å². The fourth-order valence-electron chi connectivity index (χ4n) is 1.96. The number of rotatable bonds is 6. The van der Waals surface area contributed by atoms with Crippen molar-refractivity contribution in [3.05, 3.63) is 62.4 Å². The van der Waals surface area contributed by atoms with Crippen LogP contribution < -0.4 is 0 Å². The van der Waals surface area contributed by atoms with Crippen molar-refractivity contribution >= 4 is 23.4 Å². The van der Waals surface area contributed by atoms with E-state index in [1.165, 1.54) is 27.0 Å². The van der Waals surface area contributed by atoms with Gasteiger partial charge in [0.25, 0.3) is 0 Å². The minimum absolute atomic E-state index is 0.297. The van der Waals surface area contributed by atoms with Gasteiger partial charge in [-0.1, -0.05) is 29.9 Å². The third-order valence-corrected chi connectivity index (χ3v) is 4.85. The van der Waals surface area contributed by atoms with Crippen molar-refractivity contribution in [1.82, 2.24) is 0 Å². The highest BCUT2D eigenvalue weighted by atomic mass is 32.1. The quantitative estimate of drug-likeness (QED) is 0.380. The summed E-state index contributed by atoms with van der Waals surface area (Å²) < 4.78 is 4.88. The second kappa shape index (κ2) is 9.31. The first kappa shape index (κ1) is 19.2. The Morgan fingerprint density at radius 2 is 1.78 bits per heavy atom. The van der Waals surface area contributed by atoms with Gasteiger partial charge in [-0.25, -0.2) is 4.79 Å². The van der Waals surface area contributed by atoms with Crippen molar-refractivity contribution in [2.75, 3.05) is 6.61 Å². The highest BCUT2D eigenvalue weighted by Crippen LogP contribution is 2.27. The van der Waals surface area contributed by atoms with Gasteiger partial charge in [0.2, 0.25) is 0 Å². The number of ether oxygens (including phenoxy) is 1. The second-order valence-electron chi connectivity index (χ2n) is 5.52. The average Bonchev–Trinajstić information content (AvgIpc) is 2.72. The smallest absolute Gasteiger partial charge is 0.330 e. The molecule has 0 N–H and O–H groups in total. The van der Waals surface area contributed by atoms with Gasteiger partial charge in [0.15, 0.2) is 0 Å². The van der Waals surface area contributed by atoms with Gasteiger partial charge < -0.3 is 4.74 Å². The van der Waals surface area contributed by atoms with E-state index in [1.54, 1.807) is 6.92 Å². The molecule has 23 heavy (non-hydrogen) atoms. The lowest BCUT2D eigenvalue weighted by Crippen LogP contribution is -1.99. The Kier molecular flexibility index (Phi) is 7.76. The van der Waals surface area contributed by atoms with Crippen LogP contribution in [0.25, 0.3) is 6.08 Å². The lowest BCUT2D eigenvalue weighted by molar-refractivity contribution is -0.137. The maximum Gasteiger partial charge on any atom is 0.330 e. The molecule has 0 fully saturated rings. The van der Waals surface area contributed by atoms with Gasteiger partial charge in [0, 0.05) is 15.8 Å². The zero-order chi connectivity index (χ0) is 17.4. The van der Waals surface area contributed by atoms with Crippen molar-refractivity contribution in [3.8, 4) is 0 Å². The fraction of sp³-hybridized carbons (Fsp3) is 0.350. The first-order valence-electron chi connectivity index (χ1n) is 7.79. The molecule has 1 aromatic heterocycles. The number of hydrogen-bond donors (Lipinski definition) is 0. The first-order chi connectivity index (χ1) is 10.8. The molecule has 3 heteroatoms. The molecule has 0 aliphatic rings. The minimum Gasteiger partial charge on any atom is -0.463 e. The van der Waals surface area contributed by atoms with Gasteiger partial charge in [-0.05, 0) is 64.3 Å². The highest BCUT2D eigenvalue weighted by molar-refractivity contribution is 7.13. The van der Waals surface area contributed by atoms with Gasteiger partial charge in [0.05, 0.1) is 6.61 Å². The Morgan fingerprint density at radius 1 is 1.09 bits per heavy atom. The molecule has 0 aromatic carbocycles. The van der Waals surface area contributed by atoms with Crippen LogP contribution in [0.1, 0.15) is 41.7 Å². The number of allylic oxidation sites excluding steroid dienone is 6. The Labute approximate surface area is 143 Å². The van der Waals surface area contributed by atoms with E-state index in [0.29, 0.717) is 6.61 Å². The van der Waals surface area contributed by atoms with E-state index in [-0.39, 0.29) is 5.97 Å². The molecule has 0 saturated carbocycles. The molecule has 0 spiro atoms. The van der Waals surface area contributed by atoms with Crippen molar-refractivity contribution < 1.29 is 9.53 Å². The average molecular weight is 330 g/mol. The molecule has 0 aliphatic heterocycles. The van der Waals surface area contributed by atoms with Crippen LogP contribution in [0.5, 0.6) is 0 Å². The van der Waals surface area contributed by atoms with Crippen LogP contribution in [0.3, 0.4) is 0 Å². The molecule has 0 atom stereocenters. The highest BCUT2D eigenvalue weighted by Gasteiger charge is 2.04. The first-order valence-corrected chi connectivity index (χ1v) is 8.61. The molecule has 0 unspecified atom stereocenters. The molecule has 1 heterocycles. The zero-order valence-corrected chi connectivity index (χ0v) is 15.7. The van der Waals surface area contributed by atoms with E-state index in [2.05, 4.69) is 39.8 Å². The van der Waals surface area contributed by atoms with E-state index in [0.717, 1.165) is 11.1 Å². The standard InChI is InChI=1S/C20H26O2S/c1-7-22-20(21)13-15(3)10-8-9-14(2)11-12-19-17(5)16(4)18(6)23-19/h8-13H,7H2,1-6H3/b10-8+,12-11?,14-9?,15-13?. The van der Waals surface area contributed by atoms with Gasteiger partial charge in [0.1, 0.15) is 0 Å². The Bertz CT molecular complexity index is 670. The number of carbonyl (C=O) groups excluding carboxylic acids is 1. The molecule has 1 rings (SSSR count). The normalized spacial score (nSPS) is 13.3. The summed E-state index contributed by atoms with van der Waals surface area (Å²) in [5, 5.41) is 0. The summed E-state index contributed by atoms with van der Waals surface area (Å²) in [4.78, 5) is 14.0. The fourth-order valence-corrected chi connectivity index (χ4v) is 3.04. The van der Waals surface area contributed by atoms with E-state index in [9.17, 15) is 4.79 Å². The molecule has 0 aliphatic carbocycles. The van der Waals surface area contributed by atoms with Crippen LogP contribution >= 0.6 is 11.3 Å². The van der Waals surface area contributed by atoms with Gasteiger partial charge in [-0.3, -0.25) is 0 Å². The summed E-state index contributed by atoms with van der Waals surface area (Å²) in [7, 11) is 0. The summed E-state index contributed by atoms with van der Waals surface area (Å²) >= 11 is 1.83. The zero-order valence-electron chi connectivity index (χ0n) is 14.9. The van der Waals surface area contributed by atoms with E-state index in [4.69, 9.17) is 4.74 Å². The van der Waals surface area contributed by atoms with Crippen LogP contribution in [0.15, 0.2) is 41.5 Å². The largest absolute Gasteiger partial charge is 0.463 e. The van der Waals surface area contributed by atoms with Gasteiger partial charge >= 0.3 is 5.97 Å². The molecule has 0 amide bonds. The maximum atomic E-state index is 11.3. The van der Waals surface area contributed by atoms with E-state index >= 15 is 0 Å². The molecular formula is C20H26O2S. The monoisotopic (exact) mass is 330 g/mol. The topological polar surface area (TPSA) is 26.3 Å². The number of thiophene rings is 1. The Balaban J connectivity index is 2.70. The Morgan fingerprint density at radius 3 is 2.35 bits per heavy atom. The molecule has 2 nitrogen and oxygen atoms in total. The molecule has 0 bridgehead atoms. The minimum atomic E-state index is -0.297. The van der Waals surface area contributed by atoms with Crippen molar-refractivity contribution in [2.24, 2.45) is 0 Å². The third-order valence-electron chi connectivity index (χ3n) is 3.57. The lowest BCUT2D eigenvalue weighted by atomic mass is 10.1. The Hall–Kier alpha value is -1.87. The summed E-state index contributed by atoms with van der Waals surface area (Å²) in [6, 6.07) is 0. The molecular weight excluding hydrogens is 304 g/mol. The van der Waals surface area contributed by atoms with Gasteiger partial charge in [-0.15, -0.1) is 11.3 Å². The van der Waals surface area contributed by atoms with Crippen LogP contribution in [-0.2, 0) is 9.53 Å². The maximum absolute atomic E-state index is 11.3. The number of aryl methyl sites for hydroxylation is 1. The predicted molar refractivity (Wildman–Crippen MR) is 101 cm³/mol. The molecule has 124 valence electrons. The summed E-state index contributed by atoms with van der Waals surface area (Å²) in [6.45, 7) is 12.6. The van der Waals surface area contributed by atoms with Crippen molar-refractivity contribution in [3.63, 3.8) is 0 Å².